The molecule has 29 heavy (non-hydrogen) atoms. The Hall–Kier alpha value is -2.64. The lowest BCUT2D eigenvalue weighted by molar-refractivity contribution is -0.126. The Bertz CT molecular complexity index is 1100. The van der Waals surface area contributed by atoms with Gasteiger partial charge < -0.3 is 14.6 Å². The summed E-state index contributed by atoms with van der Waals surface area (Å²) in [6.07, 6.45) is 0. The van der Waals surface area contributed by atoms with Gasteiger partial charge in [-0.25, -0.2) is 0 Å². The van der Waals surface area contributed by atoms with Crippen molar-refractivity contribution in [2.24, 2.45) is 0 Å². The van der Waals surface area contributed by atoms with Crippen molar-refractivity contribution in [3.63, 3.8) is 0 Å². The maximum Gasteiger partial charge on any atom is 0.275 e. The fourth-order valence-corrected chi connectivity index (χ4v) is 4.91. The van der Waals surface area contributed by atoms with Crippen molar-refractivity contribution < 1.29 is 14.3 Å². The molecule has 4 rings (SSSR count). The molecule has 0 saturated heterocycles. The van der Waals surface area contributed by atoms with Crippen LogP contribution < -0.4 is 10.2 Å². The molecule has 0 fully saturated rings. The highest BCUT2D eigenvalue weighted by Crippen LogP contribution is 2.38. The van der Waals surface area contributed by atoms with Crippen molar-refractivity contribution in [3.8, 4) is 0 Å². The quantitative estimate of drug-likeness (QED) is 0.654. The minimum absolute atomic E-state index is 0.155. The third kappa shape index (κ3) is 3.05. The minimum atomic E-state index is -1.06. The molecule has 1 aliphatic rings. The summed E-state index contributed by atoms with van der Waals surface area (Å²) in [5.41, 5.74) is 2.41. The lowest BCUT2D eigenvalue weighted by Gasteiger charge is -2.44. The van der Waals surface area contributed by atoms with Crippen LogP contribution in [0.2, 0.25) is 0 Å². The fraction of sp³-hybridized carbons (Fsp3) is 0.364. The molecule has 1 N–H and O–H groups in total. The molecule has 152 valence electrons. The molecule has 0 saturated carbocycles. The molecule has 0 radical (unpaired) electrons. The van der Waals surface area contributed by atoms with E-state index in [1.54, 1.807) is 23.3 Å². The Labute approximate surface area is 174 Å². The Kier molecular flexibility index (Phi) is 4.96. The van der Waals surface area contributed by atoms with Gasteiger partial charge in [0.2, 0.25) is 5.91 Å². The van der Waals surface area contributed by atoms with E-state index < -0.39 is 5.54 Å². The van der Waals surface area contributed by atoms with Crippen molar-refractivity contribution in [3.05, 3.63) is 52.5 Å². The topological polar surface area (TPSA) is 63.6 Å². The molecule has 7 heteroatoms. The van der Waals surface area contributed by atoms with Crippen LogP contribution in [-0.2, 0) is 16.1 Å². The Morgan fingerprint density at radius 3 is 2.86 bits per heavy atom. The standard InChI is InChI=1S/C22H25N3O3S/c1-14-6-5-7-17(15(14)2)25-19(26)18-12-16-8-11-29-20(16)24(18)13-22(25,3)21(27)23-9-10-28-4/h5-8,11-12H,9-10,13H2,1-4H3,(H,23,27). The highest BCUT2D eigenvalue weighted by atomic mass is 32.1. The van der Waals surface area contributed by atoms with Crippen LogP contribution in [0.3, 0.4) is 0 Å². The van der Waals surface area contributed by atoms with E-state index in [1.807, 2.05) is 61.1 Å². The van der Waals surface area contributed by atoms with Crippen LogP contribution in [0.15, 0.2) is 35.7 Å². The predicted molar refractivity (Wildman–Crippen MR) is 116 cm³/mol. The summed E-state index contributed by atoms with van der Waals surface area (Å²) in [4.78, 5) is 29.8. The zero-order chi connectivity index (χ0) is 20.8. The maximum absolute atomic E-state index is 13.7. The number of methoxy groups -OCH3 is 1. The van der Waals surface area contributed by atoms with Crippen molar-refractivity contribution >= 4 is 39.1 Å². The number of aryl methyl sites for hydroxylation is 1. The molecule has 1 atom stereocenters. The lowest BCUT2D eigenvalue weighted by Crippen LogP contribution is -2.64. The third-order valence-corrected chi connectivity index (χ3v) is 6.73. The number of hydrogen-bond donors (Lipinski definition) is 1. The van der Waals surface area contributed by atoms with Gasteiger partial charge in [0.1, 0.15) is 16.1 Å². The summed E-state index contributed by atoms with van der Waals surface area (Å²) in [6, 6.07) is 9.80. The zero-order valence-electron chi connectivity index (χ0n) is 17.1. The summed E-state index contributed by atoms with van der Waals surface area (Å²) in [5, 5.41) is 5.99. The van der Waals surface area contributed by atoms with Gasteiger partial charge in [0.25, 0.3) is 5.91 Å². The normalized spacial score (nSPS) is 18.9. The van der Waals surface area contributed by atoms with E-state index in [9.17, 15) is 9.59 Å². The van der Waals surface area contributed by atoms with Crippen LogP contribution in [0.5, 0.6) is 0 Å². The second-order valence-corrected chi connectivity index (χ2v) is 8.57. The lowest BCUT2D eigenvalue weighted by atomic mass is 9.92. The number of carbonyl (C=O) groups is 2. The average molecular weight is 412 g/mol. The molecule has 1 aliphatic heterocycles. The van der Waals surface area contributed by atoms with E-state index in [4.69, 9.17) is 4.74 Å². The number of hydrogen-bond acceptors (Lipinski definition) is 4. The molecule has 6 nitrogen and oxygen atoms in total. The predicted octanol–water partition coefficient (Wildman–Crippen LogP) is 3.50. The van der Waals surface area contributed by atoms with Crippen molar-refractivity contribution in [2.75, 3.05) is 25.2 Å². The van der Waals surface area contributed by atoms with Gasteiger partial charge >= 0.3 is 0 Å². The monoisotopic (exact) mass is 411 g/mol. The van der Waals surface area contributed by atoms with Crippen molar-refractivity contribution in [1.29, 1.82) is 0 Å². The number of nitrogens with one attached hydrogen (secondary N) is 1. The summed E-state index contributed by atoms with van der Waals surface area (Å²) in [6.45, 7) is 7.06. The van der Waals surface area contributed by atoms with Gasteiger partial charge in [0, 0.05) is 24.7 Å². The number of ether oxygens (including phenoxy) is 1. The van der Waals surface area contributed by atoms with Gasteiger partial charge in [-0.2, -0.15) is 0 Å². The summed E-state index contributed by atoms with van der Waals surface area (Å²) >= 11 is 1.59. The van der Waals surface area contributed by atoms with E-state index >= 15 is 0 Å². The number of benzene rings is 1. The van der Waals surface area contributed by atoms with E-state index in [2.05, 4.69) is 5.32 Å². The fourth-order valence-electron chi connectivity index (χ4n) is 4.01. The van der Waals surface area contributed by atoms with Gasteiger partial charge in [-0.05, 0) is 55.5 Å². The Morgan fingerprint density at radius 1 is 1.31 bits per heavy atom. The van der Waals surface area contributed by atoms with E-state index in [1.165, 1.54) is 0 Å². The minimum Gasteiger partial charge on any atom is -0.383 e. The highest BCUT2D eigenvalue weighted by molar-refractivity contribution is 7.16. The molecular weight excluding hydrogens is 386 g/mol. The first-order chi connectivity index (χ1) is 13.9. The SMILES string of the molecule is COCCNC(=O)C1(C)Cn2c(cc3ccsc32)C(=O)N1c1cccc(C)c1C. The molecule has 3 heterocycles. The third-order valence-electron chi connectivity index (χ3n) is 5.78. The molecule has 0 bridgehead atoms. The van der Waals surface area contributed by atoms with Gasteiger partial charge in [-0.3, -0.25) is 14.5 Å². The van der Waals surface area contributed by atoms with Crippen LogP contribution in [0.4, 0.5) is 5.69 Å². The van der Waals surface area contributed by atoms with E-state index in [0.717, 1.165) is 27.0 Å². The summed E-state index contributed by atoms with van der Waals surface area (Å²) < 4.78 is 7.06. The number of amides is 2. The largest absolute Gasteiger partial charge is 0.383 e. The van der Waals surface area contributed by atoms with Gasteiger partial charge in [0.05, 0.1) is 13.2 Å². The molecular formula is C22H25N3O3S. The first-order valence-corrected chi connectivity index (χ1v) is 10.5. The Balaban J connectivity index is 1.87. The molecule has 0 aliphatic carbocycles. The van der Waals surface area contributed by atoms with E-state index in [0.29, 0.717) is 25.4 Å². The number of anilines is 1. The number of nitrogens with zero attached hydrogens (tertiary/aromatic N) is 2. The second-order valence-electron chi connectivity index (χ2n) is 7.68. The molecule has 1 unspecified atom stereocenters. The average Bonchev–Trinajstić information content (AvgIpc) is 3.27. The van der Waals surface area contributed by atoms with Crippen molar-refractivity contribution in [2.45, 2.75) is 32.9 Å². The van der Waals surface area contributed by atoms with Crippen LogP contribution in [0.25, 0.3) is 10.2 Å². The van der Waals surface area contributed by atoms with Crippen molar-refractivity contribution in [1.82, 2.24) is 9.88 Å². The van der Waals surface area contributed by atoms with Crippen LogP contribution in [-0.4, -0.2) is 42.2 Å². The number of rotatable bonds is 5. The van der Waals surface area contributed by atoms with Crippen LogP contribution in [0, 0.1) is 13.8 Å². The zero-order valence-corrected chi connectivity index (χ0v) is 17.9. The molecule has 1 aromatic carbocycles. The van der Waals surface area contributed by atoms with Crippen LogP contribution >= 0.6 is 11.3 Å². The molecule has 2 amide bonds. The number of carbonyl (C=O) groups excluding carboxylic acids is 2. The Morgan fingerprint density at radius 2 is 2.10 bits per heavy atom. The smallest absolute Gasteiger partial charge is 0.275 e. The second kappa shape index (κ2) is 7.31. The van der Waals surface area contributed by atoms with E-state index in [-0.39, 0.29) is 11.8 Å². The summed E-state index contributed by atoms with van der Waals surface area (Å²) in [7, 11) is 1.60. The van der Waals surface area contributed by atoms with Gasteiger partial charge in [-0.1, -0.05) is 12.1 Å². The molecule has 2 aromatic heterocycles. The molecule has 0 spiro atoms. The van der Waals surface area contributed by atoms with Gasteiger partial charge in [-0.15, -0.1) is 11.3 Å². The summed E-state index contributed by atoms with van der Waals surface area (Å²) in [5.74, 6) is -0.342. The van der Waals surface area contributed by atoms with Gasteiger partial charge in [0.15, 0.2) is 0 Å². The maximum atomic E-state index is 13.7. The first kappa shape index (κ1) is 19.7. The number of fused-ring (bicyclic) bond motifs is 3. The first-order valence-electron chi connectivity index (χ1n) is 9.63. The number of thiophene rings is 1. The molecule has 3 aromatic rings. The van der Waals surface area contributed by atoms with Crippen LogP contribution in [0.1, 0.15) is 28.5 Å². The number of aromatic nitrogens is 1. The highest BCUT2D eigenvalue weighted by Gasteiger charge is 2.49.